The summed E-state index contributed by atoms with van der Waals surface area (Å²) in [5.74, 6) is 0.101. The van der Waals surface area contributed by atoms with Crippen molar-refractivity contribution in [3.63, 3.8) is 0 Å². The van der Waals surface area contributed by atoms with Gasteiger partial charge in [-0.2, -0.15) is 0 Å². The number of nitrogens with zero attached hydrogens (tertiary/aromatic N) is 4. The number of thiazole rings is 1. The summed E-state index contributed by atoms with van der Waals surface area (Å²) in [4.78, 5) is 27.3. The lowest BCUT2D eigenvalue weighted by Gasteiger charge is -2.18. The van der Waals surface area contributed by atoms with E-state index in [1.165, 1.54) is 17.4 Å². The fourth-order valence-electron chi connectivity index (χ4n) is 2.75. The lowest BCUT2D eigenvalue weighted by atomic mass is 10.2. The Bertz CT molecular complexity index is 1200. The van der Waals surface area contributed by atoms with Crippen molar-refractivity contribution >= 4 is 56.0 Å². The van der Waals surface area contributed by atoms with Crippen LogP contribution in [0, 0.1) is 5.82 Å². The number of urea groups is 1. The number of amides is 2. The molecule has 0 radical (unpaired) electrons. The van der Waals surface area contributed by atoms with Crippen LogP contribution in [-0.2, 0) is 6.54 Å². The molecule has 2 amide bonds. The Balaban J connectivity index is 1.47. The third-order valence-electron chi connectivity index (χ3n) is 4.25. The molecule has 0 saturated heterocycles. The van der Waals surface area contributed by atoms with Crippen molar-refractivity contribution in [2.24, 2.45) is 0 Å². The normalized spacial score (nSPS) is 10.8. The SMILES string of the molecule is CN(c1ccc2nc(NC(=O)NCc3cccnc3)sc2n1)c1ccc(Cl)cc1F. The molecule has 4 rings (SSSR count). The van der Waals surface area contributed by atoms with Gasteiger partial charge in [-0.3, -0.25) is 10.3 Å². The van der Waals surface area contributed by atoms with E-state index in [1.54, 1.807) is 54.7 Å². The molecule has 3 heterocycles. The van der Waals surface area contributed by atoms with Gasteiger partial charge < -0.3 is 10.2 Å². The van der Waals surface area contributed by atoms with E-state index >= 15 is 0 Å². The molecule has 0 aliphatic carbocycles. The zero-order valence-corrected chi connectivity index (χ0v) is 17.3. The third-order valence-corrected chi connectivity index (χ3v) is 5.37. The van der Waals surface area contributed by atoms with Gasteiger partial charge in [0.15, 0.2) is 5.13 Å². The van der Waals surface area contributed by atoms with Crippen LogP contribution in [-0.4, -0.2) is 28.0 Å². The summed E-state index contributed by atoms with van der Waals surface area (Å²) in [5, 5.41) is 6.20. The summed E-state index contributed by atoms with van der Waals surface area (Å²) in [7, 11) is 1.71. The first-order valence-electron chi connectivity index (χ1n) is 8.90. The molecular weight excluding hydrogens is 427 g/mol. The van der Waals surface area contributed by atoms with Crippen LogP contribution in [0.25, 0.3) is 10.3 Å². The Morgan fingerprint density at radius 1 is 1.23 bits per heavy atom. The lowest BCUT2D eigenvalue weighted by molar-refractivity contribution is 0.251. The summed E-state index contributed by atoms with van der Waals surface area (Å²) >= 11 is 7.06. The molecule has 0 bridgehead atoms. The van der Waals surface area contributed by atoms with E-state index in [0.717, 1.165) is 5.56 Å². The summed E-state index contributed by atoms with van der Waals surface area (Å²) in [6, 6.07) is 11.3. The molecule has 0 unspecified atom stereocenters. The van der Waals surface area contributed by atoms with Crippen molar-refractivity contribution in [1.82, 2.24) is 20.3 Å². The van der Waals surface area contributed by atoms with Crippen LogP contribution < -0.4 is 15.5 Å². The average molecular weight is 443 g/mol. The molecule has 0 aliphatic rings. The van der Waals surface area contributed by atoms with Crippen LogP contribution in [0.2, 0.25) is 5.02 Å². The van der Waals surface area contributed by atoms with Gasteiger partial charge in [-0.25, -0.2) is 19.2 Å². The second kappa shape index (κ2) is 8.60. The monoisotopic (exact) mass is 442 g/mol. The van der Waals surface area contributed by atoms with Gasteiger partial charge in [-0.15, -0.1) is 0 Å². The Labute approximate surface area is 180 Å². The van der Waals surface area contributed by atoms with Crippen LogP contribution in [0.1, 0.15) is 5.56 Å². The number of hydrogen-bond acceptors (Lipinski definition) is 6. The Morgan fingerprint density at radius 3 is 2.87 bits per heavy atom. The van der Waals surface area contributed by atoms with E-state index in [2.05, 4.69) is 25.6 Å². The molecular formula is C20H16ClFN6OS. The molecule has 0 saturated carbocycles. The first-order chi connectivity index (χ1) is 14.5. The number of hydrogen-bond donors (Lipinski definition) is 2. The van der Waals surface area contributed by atoms with E-state index in [4.69, 9.17) is 11.6 Å². The number of rotatable bonds is 5. The molecule has 0 fully saturated rings. The first-order valence-corrected chi connectivity index (χ1v) is 10.1. The minimum absolute atomic E-state index is 0.327. The molecule has 7 nitrogen and oxygen atoms in total. The fourth-order valence-corrected chi connectivity index (χ4v) is 3.74. The highest BCUT2D eigenvalue weighted by Crippen LogP contribution is 2.30. The maximum atomic E-state index is 14.2. The van der Waals surface area contributed by atoms with Crippen molar-refractivity contribution in [2.45, 2.75) is 6.54 Å². The van der Waals surface area contributed by atoms with Gasteiger partial charge in [0.1, 0.15) is 22.0 Å². The van der Waals surface area contributed by atoms with Gasteiger partial charge in [-0.05, 0) is 42.0 Å². The van der Waals surface area contributed by atoms with Crippen molar-refractivity contribution < 1.29 is 9.18 Å². The molecule has 0 spiro atoms. The number of aromatic nitrogens is 3. The highest BCUT2D eigenvalue weighted by atomic mass is 35.5. The summed E-state index contributed by atoms with van der Waals surface area (Å²) in [5.41, 5.74) is 1.88. The predicted molar refractivity (Wildman–Crippen MR) is 117 cm³/mol. The van der Waals surface area contributed by atoms with Crippen LogP contribution in [0.4, 0.5) is 25.8 Å². The van der Waals surface area contributed by atoms with Crippen molar-refractivity contribution in [3.05, 3.63) is 71.3 Å². The average Bonchev–Trinajstić information content (AvgIpc) is 3.14. The topological polar surface area (TPSA) is 83.0 Å². The Morgan fingerprint density at radius 2 is 2.10 bits per heavy atom. The second-order valence-corrected chi connectivity index (χ2v) is 7.75. The van der Waals surface area contributed by atoms with Crippen molar-refractivity contribution in [1.29, 1.82) is 0 Å². The number of benzene rings is 1. The summed E-state index contributed by atoms with van der Waals surface area (Å²) in [6.07, 6.45) is 3.36. The number of pyridine rings is 2. The highest BCUT2D eigenvalue weighted by molar-refractivity contribution is 7.22. The number of carbonyl (C=O) groups is 1. The minimum Gasteiger partial charge on any atom is -0.334 e. The van der Waals surface area contributed by atoms with Crippen LogP contribution in [0.5, 0.6) is 0 Å². The van der Waals surface area contributed by atoms with Crippen LogP contribution in [0.3, 0.4) is 0 Å². The molecule has 1 aromatic carbocycles. The van der Waals surface area contributed by atoms with Gasteiger partial charge >= 0.3 is 6.03 Å². The molecule has 3 aromatic heterocycles. The molecule has 0 atom stereocenters. The molecule has 30 heavy (non-hydrogen) atoms. The predicted octanol–water partition coefficient (Wildman–Crippen LogP) is 4.97. The van der Waals surface area contributed by atoms with Gasteiger partial charge in [0.2, 0.25) is 0 Å². The molecule has 2 N–H and O–H groups in total. The smallest absolute Gasteiger partial charge is 0.321 e. The Kier molecular flexibility index (Phi) is 5.73. The van der Waals surface area contributed by atoms with Gasteiger partial charge in [0.25, 0.3) is 0 Å². The van der Waals surface area contributed by atoms with E-state index < -0.39 is 5.82 Å². The minimum atomic E-state index is -0.441. The number of anilines is 3. The molecule has 0 aliphatic heterocycles. The first kappa shape index (κ1) is 20.0. The van der Waals surface area contributed by atoms with E-state index in [0.29, 0.717) is 38.6 Å². The number of nitrogens with one attached hydrogen (secondary N) is 2. The zero-order valence-electron chi connectivity index (χ0n) is 15.8. The maximum absolute atomic E-state index is 14.2. The van der Waals surface area contributed by atoms with E-state index in [-0.39, 0.29) is 6.03 Å². The number of halogens is 2. The zero-order chi connectivity index (χ0) is 21.1. The van der Waals surface area contributed by atoms with Gasteiger partial charge in [-0.1, -0.05) is 29.0 Å². The van der Waals surface area contributed by atoms with Gasteiger partial charge in [0, 0.05) is 31.0 Å². The van der Waals surface area contributed by atoms with Crippen LogP contribution in [0.15, 0.2) is 54.9 Å². The van der Waals surface area contributed by atoms with Crippen molar-refractivity contribution in [2.75, 3.05) is 17.3 Å². The molecule has 4 aromatic rings. The van der Waals surface area contributed by atoms with Crippen molar-refractivity contribution in [3.8, 4) is 0 Å². The number of fused-ring (bicyclic) bond motifs is 1. The number of carbonyl (C=O) groups excluding carboxylic acids is 1. The third kappa shape index (κ3) is 4.47. The quantitative estimate of drug-likeness (QED) is 0.456. The van der Waals surface area contributed by atoms with Crippen LogP contribution >= 0.6 is 22.9 Å². The fraction of sp³-hybridized carbons (Fsp3) is 0.100. The highest BCUT2D eigenvalue weighted by Gasteiger charge is 2.14. The Hall–Kier alpha value is -3.30. The molecule has 152 valence electrons. The standard InChI is InChI=1S/C20H16ClFN6OS/c1-28(16-6-4-13(21)9-14(16)22)17-7-5-15-18(26-17)30-20(25-15)27-19(29)24-11-12-3-2-8-23-10-12/h2-10H,11H2,1H3,(H2,24,25,27,29). The summed E-state index contributed by atoms with van der Waals surface area (Å²) < 4.78 is 14.2. The van der Waals surface area contributed by atoms with E-state index in [9.17, 15) is 9.18 Å². The van der Waals surface area contributed by atoms with E-state index in [1.807, 2.05) is 6.07 Å². The largest absolute Gasteiger partial charge is 0.334 e. The second-order valence-electron chi connectivity index (χ2n) is 6.34. The molecule has 10 heteroatoms. The van der Waals surface area contributed by atoms with Gasteiger partial charge in [0.05, 0.1) is 5.69 Å². The maximum Gasteiger partial charge on any atom is 0.321 e. The summed E-state index contributed by atoms with van der Waals surface area (Å²) in [6.45, 7) is 0.352. The lowest BCUT2D eigenvalue weighted by Crippen LogP contribution is -2.28.